The predicted octanol–water partition coefficient (Wildman–Crippen LogP) is 2.68. The summed E-state index contributed by atoms with van der Waals surface area (Å²) < 4.78 is 18.9. The van der Waals surface area contributed by atoms with Crippen LogP contribution < -0.4 is 5.32 Å². The van der Waals surface area contributed by atoms with Crippen LogP contribution in [0.4, 0.5) is 4.39 Å². The molecule has 1 saturated heterocycles. The summed E-state index contributed by atoms with van der Waals surface area (Å²) in [6.07, 6.45) is 1.43. The maximum absolute atomic E-state index is 13.5. The fourth-order valence-corrected chi connectivity index (χ4v) is 2.54. The van der Waals surface area contributed by atoms with Gasteiger partial charge in [0.05, 0.1) is 30.0 Å². The van der Waals surface area contributed by atoms with Crippen LogP contribution in [0.5, 0.6) is 0 Å². The average molecular weight is 330 g/mol. The monoisotopic (exact) mass is 329 g/mol. The van der Waals surface area contributed by atoms with E-state index in [1.54, 1.807) is 0 Å². The molecule has 0 aromatic heterocycles. The molecule has 2 rings (SSSR count). The zero-order valence-electron chi connectivity index (χ0n) is 11.9. The third-order valence-corrected chi connectivity index (χ3v) is 3.80. The molecule has 7 heteroatoms. The number of carbonyl (C=O) groups is 2. The Morgan fingerprint density at radius 3 is 2.86 bits per heavy atom. The molecular weight excluding hydrogens is 313 g/mol. The Morgan fingerprint density at radius 2 is 2.27 bits per heavy atom. The molecule has 5 nitrogen and oxygen atoms in total. The number of carboxylic acid groups (broad SMARTS) is 1. The van der Waals surface area contributed by atoms with Gasteiger partial charge < -0.3 is 15.2 Å². The standard InChI is InChI=1S/C15H17ClFNO4/c16-11-4-3-9(6-12(11)17)13(8-15(20)21)18-14(19)7-10-2-1-5-22-10/h3-4,6,10,13H,1-2,5,7-8H2,(H,18,19)(H,20,21)/t10-,13+/m1/s1. The maximum Gasteiger partial charge on any atom is 0.305 e. The first-order valence-electron chi connectivity index (χ1n) is 7.03. The van der Waals surface area contributed by atoms with Gasteiger partial charge in [-0.05, 0) is 30.5 Å². The summed E-state index contributed by atoms with van der Waals surface area (Å²) in [5, 5.41) is 11.5. The van der Waals surface area contributed by atoms with Crippen LogP contribution in [0.2, 0.25) is 5.02 Å². The average Bonchev–Trinajstić information content (AvgIpc) is 2.93. The molecule has 0 spiro atoms. The van der Waals surface area contributed by atoms with E-state index in [9.17, 15) is 14.0 Å². The van der Waals surface area contributed by atoms with Crippen LogP contribution in [0.1, 0.15) is 37.3 Å². The molecule has 1 amide bonds. The number of ether oxygens (including phenoxy) is 1. The van der Waals surface area contributed by atoms with Gasteiger partial charge in [-0.2, -0.15) is 0 Å². The number of hydrogen-bond donors (Lipinski definition) is 2. The van der Waals surface area contributed by atoms with E-state index >= 15 is 0 Å². The zero-order valence-corrected chi connectivity index (χ0v) is 12.6. The van der Waals surface area contributed by atoms with Crippen LogP contribution in [-0.4, -0.2) is 29.7 Å². The molecule has 1 aromatic rings. The van der Waals surface area contributed by atoms with E-state index in [1.165, 1.54) is 12.1 Å². The molecule has 0 unspecified atom stereocenters. The summed E-state index contributed by atoms with van der Waals surface area (Å²) in [6.45, 7) is 0.638. The first kappa shape index (κ1) is 16.7. The predicted molar refractivity (Wildman–Crippen MR) is 78.1 cm³/mol. The zero-order chi connectivity index (χ0) is 16.1. The van der Waals surface area contributed by atoms with Gasteiger partial charge in [0.1, 0.15) is 5.82 Å². The van der Waals surface area contributed by atoms with Gasteiger partial charge in [0.25, 0.3) is 0 Å². The van der Waals surface area contributed by atoms with E-state index in [0.29, 0.717) is 12.2 Å². The van der Waals surface area contributed by atoms with Gasteiger partial charge in [0, 0.05) is 6.61 Å². The van der Waals surface area contributed by atoms with Crippen molar-refractivity contribution in [2.45, 2.75) is 37.8 Å². The Hall–Kier alpha value is -1.66. The highest BCUT2D eigenvalue weighted by molar-refractivity contribution is 6.30. The minimum atomic E-state index is -1.09. The number of amides is 1. The van der Waals surface area contributed by atoms with E-state index in [4.69, 9.17) is 21.4 Å². The molecule has 2 atom stereocenters. The molecular formula is C15H17ClFNO4. The van der Waals surface area contributed by atoms with Crippen molar-refractivity contribution in [3.05, 3.63) is 34.6 Å². The van der Waals surface area contributed by atoms with Crippen molar-refractivity contribution in [2.75, 3.05) is 6.61 Å². The highest BCUT2D eigenvalue weighted by atomic mass is 35.5. The Morgan fingerprint density at radius 1 is 1.50 bits per heavy atom. The van der Waals surface area contributed by atoms with Gasteiger partial charge in [-0.1, -0.05) is 17.7 Å². The molecule has 0 bridgehead atoms. The molecule has 0 radical (unpaired) electrons. The van der Waals surface area contributed by atoms with Gasteiger partial charge in [-0.15, -0.1) is 0 Å². The van der Waals surface area contributed by atoms with E-state index in [1.807, 2.05) is 0 Å². The molecule has 22 heavy (non-hydrogen) atoms. The Bertz CT molecular complexity index is 560. The summed E-state index contributed by atoms with van der Waals surface area (Å²) >= 11 is 5.61. The molecule has 0 aliphatic carbocycles. The van der Waals surface area contributed by atoms with E-state index in [2.05, 4.69) is 5.32 Å². The van der Waals surface area contributed by atoms with Gasteiger partial charge in [-0.3, -0.25) is 9.59 Å². The molecule has 0 saturated carbocycles. The van der Waals surface area contributed by atoms with Crippen LogP contribution in [0.25, 0.3) is 0 Å². The lowest BCUT2D eigenvalue weighted by molar-refractivity contribution is -0.137. The third-order valence-electron chi connectivity index (χ3n) is 3.50. The number of halogens is 2. The van der Waals surface area contributed by atoms with Crippen molar-refractivity contribution in [3.63, 3.8) is 0 Å². The van der Waals surface area contributed by atoms with Gasteiger partial charge in [0.15, 0.2) is 0 Å². The molecule has 1 aliphatic rings. The van der Waals surface area contributed by atoms with Crippen molar-refractivity contribution >= 4 is 23.5 Å². The lowest BCUT2D eigenvalue weighted by Gasteiger charge is -2.19. The topological polar surface area (TPSA) is 75.6 Å². The van der Waals surface area contributed by atoms with Crippen molar-refractivity contribution in [2.24, 2.45) is 0 Å². The van der Waals surface area contributed by atoms with E-state index in [0.717, 1.165) is 18.9 Å². The van der Waals surface area contributed by atoms with Gasteiger partial charge >= 0.3 is 5.97 Å². The number of aliphatic carboxylic acids is 1. The summed E-state index contributed by atoms with van der Waals surface area (Å²) in [4.78, 5) is 23.0. The van der Waals surface area contributed by atoms with Crippen molar-refractivity contribution in [1.29, 1.82) is 0 Å². The summed E-state index contributed by atoms with van der Waals surface area (Å²) in [5.74, 6) is -2.05. The second-order valence-corrected chi connectivity index (χ2v) is 5.64. The number of benzene rings is 1. The van der Waals surface area contributed by atoms with E-state index in [-0.39, 0.29) is 29.9 Å². The van der Waals surface area contributed by atoms with Crippen molar-refractivity contribution < 1.29 is 23.8 Å². The summed E-state index contributed by atoms with van der Waals surface area (Å²) in [7, 11) is 0. The van der Waals surface area contributed by atoms with Gasteiger partial charge in [0.2, 0.25) is 5.91 Å². The van der Waals surface area contributed by atoms with Crippen LogP contribution in [-0.2, 0) is 14.3 Å². The Labute approximate surface area is 132 Å². The number of hydrogen-bond acceptors (Lipinski definition) is 3. The quantitative estimate of drug-likeness (QED) is 0.841. The number of rotatable bonds is 6. The third kappa shape index (κ3) is 4.68. The Kier molecular flexibility index (Phi) is 5.74. The number of carboxylic acids is 1. The highest BCUT2D eigenvalue weighted by Crippen LogP contribution is 2.23. The molecule has 1 aliphatic heterocycles. The lowest BCUT2D eigenvalue weighted by atomic mass is 10.0. The minimum Gasteiger partial charge on any atom is -0.481 e. The van der Waals surface area contributed by atoms with Crippen LogP contribution >= 0.6 is 11.6 Å². The first-order chi connectivity index (χ1) is 10.5. The molecule has 1 fully saturated rings. The molecule has 1 aromatic carbocycles. The van der Waals surface area contributed by atoms with Crippen LogP contribution in [0, 0.1) is 5.82 Å². The van der Waals surface area contributed by atoms with E-state index < -0.39 is 17.8 Å². The fraction of sp³-hybridized carbons (Fsp3) is 0.467. The smallest absolute Gasteiger partial charge is 0.305 e. The maximum atomic E-state index is 13.5. The summed E-state index contributed by atoms with van der Waals surface area (Å²) in [6, 6.07) is 3.18. The lowest BCUT2D eigenvalue weighted by Crippen LogP contribution is -2.32. The normalized spacial score (nSPS) is 18.9. The van der Waals surface area contributed by atoms with Crippen LogP contribution in [0.15, 0.2) is 18.2 Å². The van der Waals surface area contributed by atoms with Crippen molar-refractivity contribution in [3.8, 4) is 0 Å². The summed E-state index contributed by atoms with van der Waals surface area (Å²) in [5.41, 5.74) is 0.366. The second kappa shape index (κ2) is 7.56. The highest BCUT2D eigenvalue weighted by Gasteiger charge is 2.23. The minimum absolute atomic E-state index is 0.0523. The molecule has 2 N–H and O–H groups in total. The molecule has 1 heterocycles. The van der Waals surface area contributed by atoms with Crippen molar-refractivity contribution in [1.82, 2.24) is 5.32 Å². The fourth-order valence-electron chi connectivity index (χ4n) is 2.42. The SMILES string of the molecule is O=C(O)C[C@H](NC(=O)C[C@H]1CCCO1)c1ccc(Cl)c(F)c1. The van der Waals surface area contributed by atoms with Crippen LogP contribution in [0.3, 0.4) is 0 Å². The second-order valence-electron chi connectivity index (χ2n) is 5.23. The number of nitrogens with one attached hydrogen (secondary N) is 1. The van der Waals surface area contributed by atoms with Gasteiger partial charge in [-0.25, -0.2) is 4.39 Å². The largest absolute Gasteiger partial charge is 0.481 e. The number of carbonyl (C=O) groups excluding carboxylic acids is 1. The Balaban J connectivity index is 2.06. The first-order valence-corrected chi connectivity index (χ1v) is 7.41. The molecule has 120 valence electrons.